The van der Waals surface area contributed by atoms with Gasteiger partial charge in [0.05, 0.1) is 12.1 Å². The molecule has 0 amide bonds. The van der Waals surface area contributed by atoms with Crippen LogP contribution in [0.4, 0.5) is 5.69 Å². The second-order valence-electron chi connectivity index (χ2n) is 9.93. The van der Waals surface area contributed by atoms with E-state index in [2.05, 4.69) is 36.3 Å². The predicted octanol–water partition coefficient (Wildman–Crippen LogP) is 3.05. The molecule has 0 heterocycles. The van der Waals surface area contributed by atoms with Crippen LogP contribution >= 0.6 is 0 Å². The van der Waals surface area contributed by atoms with Crippen LogP contribution in [0.1, 0.15) is 38.2 Å². The zero-order valence-electron chi connectivity index (χ0n) is 15.6. The van der Waals surface area contributed by atoms with E-state index in [9.17, 15) is 5.11 Å². The average molecular weight is 351 g/mol. The zero-order valence-corrected chi connectivity index (χ0v) is 15.6. The fraction of sp³-hybridized carbons (Fsp3) is 0.682. The lowest BCUT2D eigenvalue weighted by atomic mass is 9.56. The molecular formula is C22H29N3O. The molecule has 5 fully saturated rings. The van der Waals surface area contributed by atoms with E-state index in [1.807, 2.05) is 12.1 Å². The maximum atomic E-state index is 11.6. The van der Waals surface area contributed by atoms with Gasteiger partial charge in [-0.25, -0.2) is 0 Å². The first-order valence-electron chi connectivity index (χ1n) is 10.4. The molecule has 9 atom stereocenters. The first kappa shape index (κ1) is 15.5. The summed E-state index contributed by atoms with van der Waals surface area (Å²) < 4.78 is 0. The minimum absolute atomic E-state index is 0.428. The average Bonchev–Trinajstić information content (AvgIpc) is 3.12. The lowest BCUT2D eigenvalue weighted by Gasteiger charge is -2.51. The molecule has 0 radical (unpaired) electrons. The van der Waals surface area contributed by atoms with Crippen molar-refractivity contribution in [2.45, 2.75) is 38.2 Å². The SMILES string of the molecule is CC(C)c1cccc(NC(N)=NCC2(O)C3C4CC5C6C4CC3C6C52)c1. The van der Waals surface area contributed by atoms with E-state index in [1.54, 1.807) is 0 Å². The van der Waals surface area contributed by atoms with E-state index in [4.69, 9.17) is 5.73 Å². The number of nitrogens with two attached hydrogens (primary N) is 1. The van der Waals surface area contributed by atoms with E-state index in [-0.39, 0.29) is 0 Å². The van der Waals surface area contributed by atoms with Crippen LogP contribution in [0.2, 0.25) is 0 Å². The van der Waals surface area contributed by atoms with Crippen molar-refractivity contribution >= 4 is 11.6 Å². The van der Waals surface area contributed by atoms with Crippen molar-refractivity contribution in [3.63, 3.8) is 0 Å². The maximum Gasteiger partial charge on any atom is 0.193 e. The highest BCUT2D eigenvalue weighted by atomic mass is 16.3. The van der Waals surface area contributed by atoms with Crippen molar-refractivity contribution in [1.82, 2.24) is 0 Å². The van der Waals surface area contributed by atoms with Gasteiger partial charge in [0, 0.05) is 5.69 Å². The lowest BCUT2D eigenvalue weighted by molar-refractivity contribution is -0.123. The van der Waals surface area contributed by atoms with E-state index >= 15 is 0 Å². The van der Waals surface area contributed by atoms with Crippen LogP contribution in [-0.2, 0) is 0 Å². The standard InChI is InChI=1S/C22H29N3O/c1-10(2)11-4-3-5-12(6-11)25-21(23)24-9-22(26)19-14-8-15-17-13(14)7-16(19)18(17)20(15)22/h3-6,10,13-20,26H,7-9H2,1-2H3,(H3,23,24,25). The molecule has 1 aromatic rings. The third-order valence-corrected chi connectivity index (χ3v) is 8.85. The molecule has 26 heavy (non-hydrogen) atoms. The Kier molecular flexibility index (Phi) is 2.88. The largest absolute Gasteiger partial charge is 0.387 e. The van der Waals surface area contributed by atoms with Crippen LogP contribution < -0.4 is 11.1 Å². The molecule has 0 aliphatic heterocycles. The molecule has 1 aromatic carbocycles. The number of aliphatic imine (C=N–C) groups is 1. The minimum Gasteiger partial charge on any atom is -0.387 e. The summed E-state index contributed by atoms with van der Waals surface area (Å²) in [6.07, 6.45) is 2.78. The quantitative estimate of drug-likeness (QED) is 0.577. The molecule has 0 aromatic heterocycles. The highest BCUT2D eigenvalue weighted by molar-refractivity contribution is 5.92. The predicted molar refractivity (Wildman–Crippen MR) is 103 cm³/mol. The number of benzene rings is 1. The Morgan fingerprint density at radius 1 is 1.19 bits per heavy atom. The Morgan fingerprint density at radius 2 is 1.96 bits per heavy atom. The number of anilines is 1. The number of nitrogens with one attached hydrogen (secondary N) is 1. The van der Waals surface area contributed by atoms with Gasteiger partial charge in [0.25, 0.3) is 0 Å². The van der Waals surface area contributed by atoms with Gasteiger partial charge in [0.15, 0.2) is 5.96 Å². The summed E-state index contributed by atoms with van der Waals surface area (Å²) in [7, 11) is 0. The summed E-state index contributed by atoms with van der Waals surface area (Å²) in [6.45, 7) is 4.85. The van der Waals surface area contributed by atoms with Crippen molar-refractivity contribution < 1.29 is 5.11 Å². The van der Waals surface area contributed by atoms with E-state index in [1.165, 1.54) is 18.4 Å². The van der Waals surface area contributed by atoms with Gasteiger partial charge in [-0.3, -0.25) is 4.99 Å². The van der Waals surface area contributed by atoms with Crippen molar-refractivity contribution in [1.29, 1.82) is 0 Å². The smallest absolute Gasteiger partial charge is 0.193 e. The maximum absolute atomic E-state index is 11.6. The third-order valence-electron chi connectivity index (χ3n) is 8.85. The van der Waals surface area contributed by atoms with E-state index in [0.29, 0.717) is 30.3 Å². The lowest BCUT2D eigenvalue weighted by Crippen LogP contribution is -2.56. The molecule has 4 N–H and O–H groups in total. The fourth-order valence-corrected chi connectivity index (χ4v) is 8.31. The molecule has 5 aliphatic carbocycles. The van der Waals surface area contributed by atoms with Gasteiger partial charge in [-0.15, -0.1) is 0 Å². The number of hydrogen-bond acceptors (Lipinski definition) is 2. The molecule has 9 unspecified atom stereocenters. The zero-order chi connectivity index (χ0) is 17.8. The summed E-state index contributed by atoms with van der Waals surface area (Å²) in [4.78, 5) is 4.62. The first-order valence-corrected chi connectivity index (χ1v) is 10.4. The van der Waals surface area contributed by atoms with Crippen LogP contribution in [0.25, 0.3) is 0 Å². The Hall–Kier alpha value is -1.55. The Labute approximate surface area is 155 Å². The molecule has 0 saturated heterocycles. The summed E-state index contributed by atoms with van der Waals surface area (Å²) in [6, 6.07) is 8.33. The van der Waals surface area contributed by atoms with Crippen molar-refractivity contribution in [2.24, 2.45) is 58.1 Å². The molecule has 2 bridgehead atoms. The monoisotopic (exact) mass is 351 g/mol. The first-order chi connectivity index (χ1) is 12.5. The van der Waals surface area contributed by atoms with Crippen LogP contribution in [0.15, 0.2) is 29.3 Å². The minimum atomic E-state index is -0.587. The van der Waals surface area contributed by atoms with Crippen LogP contribution in [0, 0.1) is 47.3 Å². The summed E-state index contributed by atoms with van der Waals surface area (Å²) in [5, 5.41) is 14.8. The Morgan fingerprint density at radius 3 is 2.77 bits per heavy atom. The molecule has 6 rings (SSSR count). The van der Waals surface area contributed by atoms with Gasteiger partial charge in [-0.05, 0) is 83.8 Å². The number of nitrogens with zero attached hydrogens (tertiary/aromatic N) is 1. The molecular weight excluding hydrogens is 322 g/mol. The number of guanidine groups is 1. The van der Waals surface area contributed by atoms with Gasteiger partial charge in [0.2, 0.25) is 0 Å². The third kappa shape index (κ3) is 1.68. The van der Waals surface area contributed by atoms with Crippen molar-refractivity contribution in [3.8, 4) is 0 Å². The van der Waals surface area contributed by atoms with Crippen molar-refractivity contribution in [3.05, 3.63) is 29.8 Å². The fourth-order valence-electron chi connectivity index (χ4n) is 8.31. The molecule has 0 spiro atoms. The van der Waals surface area contributed by atoms with Crippen LogP contribution in [0.5, 0.6) is 0 Å². The molecule has 138 valence electrons. The second-order valence-corrected chi connectivity index (χ2v) is 9.93. The van der Waals surface area contributed by atoms with Gasteiger partial charge < -0.3 is 16.2 Å². The normalized spacial score (nSPS) is 49.3. The van der Waals surface area contributed by atoms with E-state index in [0.717, 1.165) is 41.2 Å². The molecule has 5 saturated carbocycles. The summed E-state index contributed by atoms with van der Waals surface area (Å²) in [5.74, 6) is 6.97. The summed E-state index contributed by atoms with van der Waals surface area (Å²) >= 11 is 0. The second kappa shape index (κ2) is 4.83. The number of fused-ring (bicyclic) bond motifs is 2. The van der Waals surface area contributed by atoms with Gasteiger partial charge in [-0.2, -0.15) is 0 Å². The Bertz CT molecular complexity index is 798. The van der Waals surface area contributed by atoms with Gasteiger partial charge in [0.1, 0.15) is 0 Å². The van der Waals surface area contributed by atoms with Crippen LogP contribution in [-0.4, -0.2) is 23.2 Å². The Balaban J connectivity index is 1.21. The van der Waals surface area contributed by atoms with Crippen LogP contribution in [0.3, 0.4) is 0 Å². The van der Waals surface area contributed by atoms with Gasteiger partial charge in [-0.1, -0.05) is 26.0 Å². The summed E-state index contributed by atoms with van der Waals surface area (Å²) in [5.41, 5.74) is 7.86. The molecule has 5 aliphatic rings. The molecule has 4 nitrogen and oxygen atoms in total. The number of hydrogen-bond donors (Lipinski definition) is 3. The van der Waals surface area contributed by atoms with E-state index < -0.39 is 5.60 Å². The highest BCUT2D eigenvalue weighted by Gasteiger charge is 2.84. The van der Waals surface area contributed by atoms with Gasteiger partial charge >= 0.3 is 0 Å². The van der Waals surface area contributed by atoms with Crippen molar-refractivity contribution in [2.75, 3.05) is 11.9 Å². The molecule has 4 heteroatoms. The number of rotatable bonds is 4. The topological polar surface area (TPSA) is 70.6 Å². The highest BCUT2D eigenvalue weighted by Crippen LogP contribution is 2.85. The number of aliphatic hydroxyl groups is 1.